The summed E-state index contributed by atoms with van der Waals surface area (Å²) in [7, 11) is 1.71. The van der Waals surface area contributed by atoms with Crippen LogP contribution in [0.15, 0.2) is 24.3 Å². The highest BCUT2D eigenvalue weighted by atomic mass is 16.5. The summed E-state index contributed by atoms with van der Waals surface area (Å²) < 4.78 is 5.27. The van der Waals surface area contributed by atoms with Gasteiger partial charge in [-0.3, -0.25) is 14.6 Å². The maximum absolute atomic E-state index is 12.9. The largest absolute Gasteiger partial charge is 0.497 e. The first kappa shape index (κ1) is 21.4. The third-order valence-electron chi connectivity index (χ3n) is 7.08. The fourth-order valence-corrected chi connectivity index (χ4v) is 5.20. The Morgan fingerprint density at radius 1 is 0.900 bits per heavy atom. The Morgan fingerprint density at radius 2 is 1.60 bits per heavy atom. The molecule has 0 aliphatic carbocycles. The lowest BCUT2D eigenvalue weighted by molar-refractivity contribution is -0.134. The van der Waals surface area contributed by atoms with Crippen molar-refractivity contribution in [2.45, 2.75) is 44.6 Å². The topological polar surface area (TPSA) is 39.3 Å². The van der Waals surface area contributed by atoms with Crippen molar-refractivity contribution in [3.63, 3.8) is 0 Å². The molecule has 1 amide bonds. The van der Waals surface area contributed by atoms with E-state index in [0.717, 1.165) is 64.5 Å². The van der Waals surface area contributed by atoms with Gasteiger partial charge in [0, 0.05) is 51.0 Å². The van der Waals surface area contributed by atoms with E-state index >= 15 is 0 Å². The second-order valence-electron chi connectivity index (χ2n) is 9.05. The van der Waals surface area contributed by atoms with E-state index in [0.29, 0.717) is 18.5 Å². The second kappa shape index (κ2) is 10.5. The Labute approximate surface area is 181 Å². The van der Waals surface area contributed by atoms with Gasteiger partial charge >= 0.3 is 0 Å². The van der Waals surface area contributed by atoms with Gasteiger partial charge in [0.1, 0.15) is 5.75 Å². The molecule has 1 aromatic carbocycles. The van der Waals surface area contributed by atoms with Crippen LogP contribution in [0.1, 0.15) is 38.5 Å². The Balaban J connectivity index is 1.26. The van der Waals surface area contributed by atoms with Crippen molar-refractivity contribution in [3.05, 3.63) is 24.3 Å². The summed E-state index contributed by atoms with van der Waals surface area (Å²) in [5.41, 5.74) is 1.27. The van der Waals surface area contributed by atoms with Crippen LogP contribution in [-0.2, 0) is 4.79 Å². The van der Waals surface area contributed by atoms with Crippen LogP contribution in [0, 0.1) is 0 Å². The summed E-state index contributed by atoms with van der Waals surface area (Å²) in [6.07, 6.45) is 7.48. The molecule has 1 atom stereocenters. The van der Waals surface area contributed by atoms with Crippen molar-refractivity contribution in [1.82, 2.24) is 14.7 Å². The number of likely N-dealkylation sites (tertiary alicyclic amines) is 2. The van der Waals surface area contributed by atoms with Gasteiger partial charge in [0.2, 0.25) is 5.91 Å². The normalized spacial score (nSPS) is 24.5. The molecule has 0 spiro atoms. The number of benzene rings is 1. The third-order valence-corrected chi connectivity index (χ3v) is 7.08. The summed E-state index contributed by atoms with van der Waals surface area (Å²) in [6, 6.07) is 8.90. The van der Waals surface area contributed by atoms with Crippen LogP contribution in [0.4, 0.5) is 5.69 Å². The average molecular weight is 415 g/mol. The van der Waals surface area contributed by atoms with Crippen molar-refractivity contribution in [2.75, 3.05) is 70.9 Å². The highest BCUT2D eigenvalue weighted by molar-refractivity contribution is 5.78. The molecule has 0 saturated carbocycles. The minimum absolute atomic E-state index is 0.346. The fourth-order valence-electron chi connectivity index (χ4n) is 5.20. The highest BCUT2D eigenvalue weighted by Crippen LogP contribution is 2.23. The number of piperazine rings is 1. The smallest absolute Gasteiger partial charge is 0.236 e. The van der Waals surface area contributed by atoms with Gasteiger partial charge in [0.05, 0.1) is 13.7 Å². The summed E-state index contributed by atoms with van der Waals surface area (Å²) in [6.45, 7) is 8.90. The van der Waals surface area contributed by atoms with Crippen molar-refractivity contribution >= 4 is 11.6 Å². The number of carbonyl (C=O) groups excluding carboxylic acids is 1. The predicted octanol–water partition coefficient (Wildman–Crippen LogP) is 2.68. The lowest BCUT2D eigenvalue weighted by Gasteiger charge is -2.44. The van der Waals surface area contributed by atoms with Gasteiger partial charge in [-0.05, 0) is 63.0 Å². The SMILES string of the molecule is COc1ccc(N2CCN([C@@H]3CCCN(C(=O)CN4CCCCCC4)C3)CC2)cc1. The molecule has 6 heteroatoms. The summed E-state index contributed by atoms with van der Waals surface area (Å²) in [5, 5.41) is 0. The molecule has 4 rings (SSSR count). The van der Waals surface area contributed by atoms with Crippen molar-refractivity contribution in [3.8, 4) is 5.75 Å². The van der Waals surface area contributed by atoms with Crippen LogP contribution in [0.25, 0.3) is 0 Å². The fraction of sp³-hybridized carbons (Fsp3) is 0.708. The van der Waals surface area contributed by atoms with Gasteiger partial charge < -0.3 is 14.5 Å². The number of methoxy groups -OCH3 is 1. The zero-order valence-corrected chi connectivity index (χ0v) is 18.6. The first-order chi connectivity index (χ1) is 14.7. The molecule has 0 radical (unpaired) electrons. The third kappa shape index (κ3) is 5.46. The van der Waals surface area contributed by atoms with Crippen LogP contribution in [0.2, 0.25) is 0 Å². The predicted molar refractivity (Wildman–Crippen MR) is 121 cm³/mol. The number of anilines is 1. The van der Waals surface area contributed by atoms with Crippen molar-refractivity contribution < 1.29 is 9.53 Å². The molecular formula is C24H38N4O2. The number of hydrogen-bond acceptors (Lipinski definition) is 5. The van der Waals surface area contributed by atoms with E-state index in [2.05, 4.69) is 31.7 Å². The first-order valence-corrected chi connectivity index (χ1v) is 11.9. The molecule has 166 valence electrons. The molecule has 30 heavy (non-hydrogen) atoms. The van der Waals surface area contributed by atoms with Crippen LogP contribution in [0.3, 0.4) is 0 Å². The highest BCUT2D eigenvalue weighted by Gasteiger charge is 2.30. The minimum atomic E-state index is 0.346. The number of hydrogen-bond donors (Lipinski definition) is 0. The van der Waals surface area contributed by atoms with E-state index in [4.69, 9.17) is 4.74 Å². The minimum Gasteiger partial charge on any atom is -0.497 e. The molecule has 0 aromatic heterocycles. The summed E-state index contributed by atoms with van der Waals surface area (Å²) in [4.78, 5) is 22.5. The molecule has 3 saturated heterocycles. The Morgan fingerprint density at radius 3 is 2.27 bits per heavy atom. The van der Waals surface area contributed by atoms with E-state index in [9.17, 15) is 4.79 Å². The number of piperidine rings is 1. The molecule has 3 aliphatic rings. The van der Waals surface area contributed by atoms with Gasteiger partial charge in [-0.2, -0.15) is 0 Å². The molecule has 0 N–H and O–H groups in total. The number of carbonyl (C=O) groups is 1. The van der Waals surface area contributed by atoms with Crippen LogP contribution < -0.4 is 9.64 Å². The van der Waals surface area contributed by atoms with E-state index in [1.165, 1.54) is 37.8 Å². The van der Waals surface area contributed by atoms with Crippen LogP contribution in [-0.4, -0.2) is 92.7 Å². The zero-order chi connectivity index (χ0) is 20.8. The summed E-state index contributed by atoms with van der Waals surface area (Å²) >= 11 is 0. The molecule has 0 bridgehead atoms. The molecule has 6 nitrogen and oxygen atoms in total. The first-order valence-electron chi connectivity index (χ1n) is 11.9. The van der Waals surface area contributed by atoms with Crippen molar-refractivity contribution in [2.24, 2.45) is 0 Å². The maximum atomic E-state index is 12.9. The second-order valence-corrected chi connectivity index (χ2v) is 9.05. The number of rotatable bonds is 5. The lowest BCUT2D eigenvalue weighted by atomic mass is 10.0. The van der Waals surface area contributed by atoms with Gasteiger partial charge in [-0.25, -0.2) is 0 Å². The van der Waals surface area contributed by atoms with Gasteiger partial charge in [-0.1, -0.05) is 12.8 Å². The molecule has 3 aliphatic heterocycles. The van der Waals surface area contributed by atoms with Gasteiger partial charge in [-0.15, -0.1) is 0 Å². The maximum Gasteiger partial charge on any atom is 0.236 e. The van der Waals surface area contributed by atoms with E-state index in [-0.39, 0.29) is 0 Å². The van der Waals surface area contributed by atoms with E-state index in [1.807, 2.05) is 12.1 Å². The van der Waals surface area contributed by atoms with Gasteiger partial charge in [0.25, 0.3) is 0 Å². The Bertz CT molecular complexity index is 664. The number of amides is 1. The van der Waals surface area contributed by atoms with Crippen LogP contribution >= 0.6 is 0 Å². The van der Waals surface area contributed by atoms with Gasteiger partial charge in [0.15, 0.2) is 0 Å². The number of nitrogens with zero attached hydrogens (tertiary/aromatic N) is 4. The Kier molecular flexibility index (Phi) is 7.50. The molecule has 3 heterocycles. The molecular weight excluding hydrogens is 376 g/mol. The van der Waals surface area contributed by atoms with Crippen molar-refractivity contribution in [1.29, 1.82) is 0 Å². The zero-order valence-electron chi connectivity index (χ0n) is 18.6. The summed E-state index contributed by atoms with van der Waals surface area (Å²) in [5.74, 6) is 1.25. The molecule has 1 aromatic rings. The molecule has 3 fully saturated rings. The Hall–Kier alpha value is -1.79. The standard InChI is InChI=1S/C24H38N4O2/c1-30-23-10-8-21(9-11-23)26-15-17-27(18-16-26)22-7-6-14-28(19-22)24(29)20-25-12-4-2-3-5-13-25/h8-11,22H,2-7,12-20H2,1H3/t22-/m1/s1. The van der Waals surface area contributed by atoms with E-state index < -0.39 is 0 Å². The molecule has 0 unspecified atom stereocenters. The van der Waals surface area contributed by atoms with Crippen LogP contribution in [0.5, 0.6) is 5.75 Å². The lowest BCUT2D eigenvalue weighted by Crippen LogP contribution is -2.56. The van der Waals surface area contributed by atoms with E-state index in [1.54, 1.807) is 7.11 Å². The average Bonchev–Trinajstić information content (AvgIpc) is 3.08. The number of ether oxygens (including phenoxy) is 1. The quantitative estimate of drug-likeness (QED) is 0.741. The monoisotopic (exact) mass is 414 g/mol.